The zero-order valence-corrected chi connectivity index (χ0v) is 6.72. The summed E-state index contributed by atoms with van der Waals surface area (Å²) >= 11 is 0. The number of aliphatic carboxylic acids is 1. The van der Waals surface area contributed by atoms with Gasteiger partial charge in [-0.15, -0.1) is 0 Å². The van der Waals surface area contributed by atoms with Crippen molar-refractivity contribution in [2.75, 3.05) is 0 Å². The van der Waals surface area contributed by atoms with Gasteiger partial charge in [0.25, 0.3) is 0 Å². The first-order valence-corrected chi connectivity index (χ1v) is 3.33. The molecule has 0 spiro atoms. The number of rotatable bonds is 3. The second kappa shape index (κ2) is 3.40. The van der Waals surface area contributed by atoms with Crippen LogP contribution in [0.5, 0.6) is 0 Å². The lowest BCUT2D eigenvalue weighted by molar-refractivity contribution is -0.138. The van der Waals surface area contributed by atoms with Crippen molar-refractivity contribution >= 4 is 5.97 Å². The first kappa shape index (κ1) is 9.21. The van der Waals surface area contributed by atoms with Crippen LogP contribution in [0.2, 0.25) is 0 Å². The van der Waals surface area contributed by atoms with Gasteiger partial charge in [-0.1, -0.05) is 26.0 Å². The highest BCUT2D eigenvalue weighted by molar-refractivity contribution is 5.67. The van der Waals surface area contributed by atoms with Crippen LogP contribution in [0.1, 0.15) is 27.2 Å². The van der Waals surface area contributed by atoms with Crippen LogP contribution in [-0.2, 0) is 4.79 Å². The van der Waals surface area contributed by atoms with Gasteiger partial charge in [0, 0.05) is 0 Å². The van der Waals surface area contributed by atoms with Gasteiger partial charge in [-0.25, -0.2) is 0 Å². The SMILES string of the molecule is CC=CC(C)(C)CC(=O)O. The number of carbonyl (C=O) groups is 1. The number of carboxylic acids is 1. The van der Waals surface area contributed by atoms with E-state index in [1.165, 1.54) is 0 Å². The summed E-state index contributed by atoms with van der Waals surface area (Å²) in [6.45, 7) is 5.70. The molecule has 0 rings (SSSR count). The van der Waals surface area contributed by atoms with E-state index in [2.05, 4.69) is 0 Å². The van der Waals surface area contributed by atoms with Gasteiger partial charge in [0.1, 0.15) is 0 Å². The topological polar surface area (TPSA) is 37.3 Å². The van der Waals surface area contributed by atoms with Gasteiger partial charge in [0.15, 0.2) is 0 Å². The normalized spacial score (nSPS) is 12.3. The maximum Gasteiger partial charge on any atom is 0.304 e. The first-order valence-electron chi connectivity index (χ1n) is 3.33. The predicted octanol–water partition coefficient (Wildman–Crippen LogP) is 2.06. The Morgan fingerprint density at radius 1 is 1.60 bits per heavy atom. The Morgan fingerprint density at radius 3 is 2.40 bits per heavy atom. The van der Waals surface area contributed by atoms with Gasteiger partial charge in [-0.2, -0.15) is 0 Å². The molecule has 0 unspecified atom stereocenters. The smallest absolute Gasteiger partial charge is 0.304 e. The minimum absolute atomic E-state index is 0.192. The van der Waals surface area contributed by atoms with Gasteiger partial charge in [-0.3, -0.25) is 4.79 Å². The molecule has 0 aromatic heterocycles. The molecule has 2 nitrogen and oxygen atoms in total. The third-order valence-electron chi connectivity index (χ3n) is 1.22. The standard InChI is InChI=1S/C8H14O2/c1-4-5-8(2,3)6-7(9)10/h4-5H,6H2,1-3H3,(H,9,10). The van der Waals surface area contributed by atoms with Crippen molar-refractivity contribution < 1.29 is 9.90 Å². The van der Waals surface area contributed by atoms with Crippen LogP contribution in [0, 0.1) is 5.41 Å². The van der Waals surface area contributed by atoms with Crippen LogP contribution in [0.25, 0.3) is 0 Å². The quantitative estimate of drug-likeness (QED) is 0.612. The fourth-order valence-corrected chi connectivity index (χ4v) is 0.900. The lowest BCUT2D eigenvalue weighted by Crippen LogP contribution is -2.13. The predicted molar refractivity (Wildman–Crippen MR) is 40.8 cm³/mol. The molecule has 0 atom stereocenters. The Hall–Kier alpha value is -0.790. The van der Waals surface area contributed by atoms with E-state index in [0.29, 0.717) is 0 Å². The molecule has 58 valence electrons. The molecule has 0 fully saturated rings. The Labute approximate surface area is 61.6 Å². The zero-order valence-electron chi connectivity index (χ0n) is 6.72. The molecule has 1 N–H and O–H groups in total. The van der Waals surface area contributed by atoms with E-state index in [9.17, 15) is 4.79 Å². The van der Waals surface area contributed by atoms with E-state index in [4.69, 9.17) is 5.11 Å². The molecule has 10 heavy (non-hydrogen) atoms. The Morgan fingerprint density at radius 2 is 2.10 bits per heavy atom. The molecular weight excluding hydrogens is 128 g/mol. The fourth-order valence-electron chi connectivity index (χ4n) is 0.900. The average Bonchev–Trinajstić information content (AvgIpc) is 1.59. The minimum atomic E-state index is -0.747. The summed E-state index contributed by atoms with van der Waals surface area (Å²) < 4.78 is 0. The minimum Gasteiger partial charge on any atom is -0.481 e. The van der Waals surface area contributed by atoms with Crippen LogP contribution in [0.3, 0.4) is 0 Å². The van der Waals surface area contributed by atoms with Crippen molar-refractivity contribution in [2.45, 2.75) is 27.2 Å². The lowest BCUT2D eigenvalue weighted by atomic mass is 9.89. The highest BCUT2D eigenvalue weighted by Crippen LogP contribution is 2.21. The van der Waals surface area contributed by atoms with E-state index in [1.807, 2.05) is 32.9 Å². The van der Waals surface area contributed by atoms with Gasteiger partial charge >= 0.3 is 5.97 Å². The zero-order chi connectivity index (χ0) is 8.20. The summed E-state index contributed by atoms with van der Waals surface area (Å²) in [5.41, 5.74) is -0.208. The van der Waals surface area contributed by atoms with E-state index in [0.717, 1.165) is 0 Å². The van der Waals surface area contributed by atoms with E-state index < -0.39 is 5.97 Å². The van der Waals surface area contributed by atoms with E-state index in [-0.39, 0.29) is 11.8 Å². The number of allylic oxidation sites excluding steroid dienone is 2. The molecule has 2 heteroatoms. The number of carboxylic acid groups (broad SMARTS) is 1. The number of hydrogen-bond acceptors (Lipinski definition) is 1. The molecule has 0 radical (unpaired) electrons. The monoisotopic (exact) mass is 142 g/mol. The van der Waals surface area contributed by atoms with Crippen LogP contribution in [0.15, 0.2) is 12.2 Å². The largest absolute Gasteiger partial charge is 0.481 e. The van der Waals surface area contributed by atoms with Crippen molar-refractivity contribution in [3.8, 4) is 0 Å². The summed E-state index contributed by atoms with van der Waals surface area (Å²) in [6, 6.07) is 0. The molecule has 0 aliphatic heterocycles. The summed E-state index contributed by atoms with van der Waals surface area (Å²) in [4.78, 5) is 10.3. The summed E-state index contributed by atoms with van der Waals surface area (Å²) in [6.07, 6.45) is 3.97. The molecule has 0 bridgehead atoms. The molecule has 0 saturated carbocycles. The fraction of sp³-hybridized carbons (Fsp3) is 0.625. The Bertz CT molecular complexity index is 145. The van der Waals surface area contributed by atoms with Crippen LogP contribution in [-0.4, -0.2) is 11.1 Å². The van der Waals surface area contributed by atoms with Crippen LogP contribution < -0.4 is 0 Å². The van der Waals surface area contributed by atoms with Gasteiger partial charge < -0.3 is 5.11 Å². The molecule has 0 heterocycles. The van der Waals surface area contributed by atoms with E-state index in [1.54, 1.807) is 0 Å². The third-order valence-corrected chi connectivity index (χ3v) is 1.22. The van der Waals surface area contributed by atoms with Crippen LogP contribution in [0.4, 0.5) is 0 Å². The van der Waals surface area contributed by atoms with Gasteiger partial charge in [-0.05, 0) is 12.3 Å². The van der Waals surface area contributed by atoms with Crippen molar-refractivity contribution in [2.24, 2.45) is 5.41 Å². The van der Waals surface area contributed by atoms with Crippen molar-refractivity contribution in [3.05, 3.63) is 12.2 Å². The Kier molecular flexibility index (Phi) is 3.13. The molecule has 0 aromatic carbocycles. The third kappa shape index (κ3) is 4.13. The van der Waals surface area contributed by atoms with Crippen molar-refractivity contribution in [1.82, 2.24) is 0 Å². The summed E-state index contributed by atoms with van der Waals surface area (Å²) in [5, 5.41) is 8.44. The molecule has 0 aliphatic rings. The maximum atomic E-state index is 10.3. The highest BCUT2D eigenvalue weighted by Gasteiger charge is 2.17. The Balaban J connectivity index is 3.99. The summed E-state index contributed by atoms with van der Waals surface area (Å²) in [5.74, 6) is -0.747. The maximum absolute atomic E-state index is 10.3. The summed E-state index contributed by atoms with van der Waals surface area (Å²) in [7, 11) is 0. The molecule has 0 aliphatic carbocycles. The molecule has 0 saturated heterocycles. The van der Waals surface area contributed by atoms with Crippen LogP contribution >= 0.6 is 0 Å². The van der Waals surface area contributed by atoms with Gasteiger partial charge in [0.2, 0.25) is 0 Å². The molecule has 0 aromatic rings. The molecule has 0 amide bonds. The number of hydrogen-bond donors (Lipinski definition) is 1. The van der Waals surface area contributed by atoms with Gasteiger partial charge in [0.05, 0.1) is 6.42 Å². The highest BCUT2D eigenvalue weighted by atomic mass is 16.4. The molecular formula is C8H14O2. The van der Waals surface area contributed by atoms with E-state index >= 15 is 0 Å². The second-order valence-electron chi connectivity index (χ2n) is 3.06. The second-order valence-corrected chi connectivity index (χ2v) is 3.06. The van der Waals surface area contributed by atoms with Crippen molar-refractivity contribution in [1.29, 1.82) is 0 Å². The first-order chi connectivity index (χ1) is 4.48. The average molecular weight is 142 g/mol. The van der Waals surface area contributed by atoms with Crippen molar-refractivity contribution in [3.63, 3.8) is 0 Å². The lowest BCUT2D eigenvalue weighted by Gasteiger charge is -2.16.